The minimum atomic E-state index is 0.376. The van der Waals surface area contributed by atoms with Crippen LogP contribution in [0, 0.1) is 0 Å². The van der Waals surface area contributed by atoms with Gasteiger partial charge in [0, 0.05) is 6.04 Å². The first kappa shape index (κ1) is 10.9. The Kier molecular flexibility index (Phi) is 2.94. The number of thiophene rings is 1. The molecule has 90 valence electrons. The highest BCUT2D eigenvalue weighted by Crippen LogP contribution is 2.34. The van der Waals surface area contributed by atoms with Crippen molar-refractivity contribution in [3.8, 4) is 10.7 Å². The van der Waals surface area contributed by atoms with Gasteiger partial charge in [0.25, 0.3) is 0 Å². The van der Waals surface area contributed by atoms with Crippen LogP contribution in [0.15, 0.2) is 22.0 Å². The Morgan fingerprint density at radius 2 is 2.41 bits per heavy atom. The minimum Gasteiger partial charge on any atom is -0.339 e. The average molecular weight is 249 g/mol. The van der Waals surface area contributed by atoms with Crippen LogP contribution in [0.5, 0.6) is 0 Å². The van der Waals surface area contributed by atoms with Gasteiger partial charge in [0.15, 0.2) is 0 Å². The van der Waals surface area contributed by atoms with Crippen molar-refractivity contribution in [1.82, 2.24) is 15.5 Å². The second-order valence-electron chi connectivity index (χ2n) is 4.37. The van der Waals surface area contributed by atoms with Crippen molar-refractivity contribution in [3.05, 3.63) is 23.4 Å². The summed E-state index contributed by atoms with van der Waals surface area (Å²) in [4.78, 5) is 5.59. The molecule has 1 aliphatic rings. The summed E-state index contributed by atoms with van der Waals surface area (Å²) in [7, 11) is 2.00. The molecule has 0 radical (unpaired) electrons. The van der Waals surface area contributed by atoms with E-state index in [0.717, 1.165) is 23.0 Å². The monoisotopic (exact) mass is 249 g/mol. The number of likely N-dealkylation sites (N-methyl/N-ethyl adjacent to an activating group) is 1. The van der Waals surface area contributed by atoms with Crippen molar-refractivity contribution in [3.63, 3.8) is 0 Å². The third-order valence-corrected chi connectivity index (χ3v) is 4.25. The molecular weight excluding hydrogens is 234 g/mol. The van der Waals surface area contributed by atoms with Crippen molar-refractivity contribution in [2.75, 3.05) is 7.05 Å². The van der Waals surface area contributed by atoms with Crippen LogP contribution in [0.25, 0.3) is 10.7 Å². The zero-order valence-electron chi connectivity index (χ0n) is 9.72. The topological polar surface area (TPSA) is 51.0 Å². The summed E-state index contributed by atoms with van der Waals surface area (Å²) in [5.74, 6) is 1.88. The molecule has 1 aliphatic carbocycles. The normalized spacial score (nSPS) is 24.3. The Balaban J connectivity index is 1.85. The van der Waals surface area contributed by atoms with Crippen LogP contribution in [0.1, 0.15) is 31.1 Å². The highest BCUT2D eigenvalue weighted by Gasteiger charge is 2.31. The van der Waals surface area contributed by atoms with Gasteiger partial charge in [-0.1, -0.05) is 17.6 Å². The average Bonchev–Trinajstić information content (AvgIpc) is 3.09. The van der Waals surface area contributed by atoms with E-state index in [9.17, 15) is 0 Å². The predicted molar refractivity (Wildman–Crippen MR) is 67.1 cm³/mol. The summed E-state index contributed by atoms with van der Waals surface area (Å²) >= 11 is 1.64. The van der Waals surface area contributed by atoms with Gasteiger partial charge in [0.2, 0.25) is 11.7 Å². The van der Waals surface area contributed by atoms with Crippen molar-refractivity contribution < 1.29 is 4.52 Å². The summed E-state index contributed by atoms with van der Waals surface area (Å²) in [6, 6.07) is 4.50. The molecule has 2 aromatic rings. The number of rotatable bonds is 3. The smallest absolute Gasteiger partial charge is 0.231 e. The fourth-order valence-electron chi connectivity index (χ4n) is 2.49. The third-order valence-electron chi connectivity index (χ3n) is 3.39. The molecule has 0 bridgehead atoms. The molecule has 0 aromatic carbocycles. The number of hydrogen-bond acceptors (Lipinski definition) is 5. The van der Waals surface area contributed by atoms with Crippen molar-refractivity contribution in [2.45, 2.75) is 31.2 Å². The Labute approximate surface area is 104 Å². The number of aromatic nitrogens is 2. The fraction of sp³-hybridized carbons (Fsp3) is 0.500. The summed E-state index contributed by atoms with van der Waals surface area (Å²) < 4.78 is 5.41. The SMILES string of the molecule is CN[C@@H]1CCC[C@@H]1c1nc(-c2cccs2)no1. The molecule has 1 saturated carbocycles. The Morgan fingerprint density at radius 3 is 3.18 bits per heavy atom. The molecule has 0 unspecified atom stereocenters. The fourth-order valence-corrected chi connectivity index (χ4v) is 3.14. The molecular formula is C12H15N3OS. The van der Waals surface area contributed by atoms with Crippen LogP contribution in [-0.2, 0) is 0 Å². The number of hydrogen-bond donors (Lipinski definition) is 1. The summed E-state index contributed by atoms with van der Waals surface area (Å²) in [6.45, 7) is 0. The molecule has 0 amide bonds. The van der Waals surface area contributed by atoms with Gasteiger partial charge >= 0.3 is 0 Å². The van der Waals surface area contributed by atoms with E-state index < -0.39 is 0 Å². The second-order valence-corrected chi connectivity index (χ2v) is 5.31. The molecule has 0 saturated heterocycles. The largest absolute Gasteiger partial charge is 0.339 e. The molecule has 4 nitrogen and oxygen atoms in total. The Morgan fingerprint density at radius 1 is 1.47 bits per heavy atom. The van der Waals surface area contributed by atoms with Gasteiger partial charge in [-0.15, -0.1) is 11.3 Å². The van der Waals surface area contributed by atoms with Gasteiger partial charge in [-0.2, -0.15) is 4.98 Å². The highest BCUT2D eigenvalue weighted by molar-refractivity contribution is 7.13. The standard InChI is InChI=1S/C12H15N3OS/c1-13-9-5-2-4-8(9)12-14-11(15-16-12)10-6-3-7-17-10/h3,6-9,13H,2,4-5H2,1H3/t8-,9+/m0/s1. The van der Waals surface area contributed by atoms with Gasteiger partial charge in [0.05, 0.1) is 10.8 Å². The first-order valence-electron chi connectivity index (χ1n) is 5.93. The van der Waals surface area contributed by atoms with E-state index >= 15 is 0 Å². The molecule has 1 fully saturated rings. The summed E-state index contributed by atoms with van der Waals surface area (Å²) in [5, 5.41) is 9.42. The molecule has 3 rings (SSSR count). The zero-order valence-corrected chi connectivity index (χ0v) is 10.5. The molecule has 1 N–H and O–H groups in total. The van der Waals surface area contributed by atoms with Crippen LogP contribution in [0.4, 0.5) is 0 Å². The minimum absolute atomic E-state index is 0.376. The molecule has 2 atom stereocenters. The van der Waals surface area contributed by atoms with E-state index in [1.165, 1.54) is 12.8 Å². The highest BCUT2D eigenvalue weighted by atomic mass is 32.1. The molecule has 0 spiro atoms. The second kappa shape index (κ2) is 4.58. The maximum Gasteiger partial charge on any atom is 0.231 e. The molecule has 17 heavy (non-hydrogen) atoms. The van der Waals surface area contributed by atoms with Crippen molar-refractivity contribution >= 4 is 11.3 Å². The van der Waals surface area contributed by atoms with Crippen molar-refractivity contribution in [2.24, 2.45) is 0 Å². The van der Waals surface area contributed by atoms with E-state index in [4.69, 9.17) is 4.52 Å². The first-order chi connectivity index (χ1) is 8.38. The Bertz CT molecular complexity index is 480. The summed E-state index contributed by atoms with van der Waals surface area (Å²) in [5.41, 5.74) is 0. The molecule has 0 aliphatic heterocycles. The van der Waals surface area contributed by atoms with E-state index in [1.807, 2.05) is 24.6 Å². The number of nitrogens with one attached hydrogen (secondary N) is 1. The zero-order chi connectivity index (χ0) is 11.7. The van der Waals surface area contributed by atoms with Gasteiger partial charge in [-0.3, -0.25) is 0 Å². The maximum atomic E-state index is 5.41. The lowest BCUT2D eigenvalue weighted by Crippen LogP contribution is -2.27. The first-order valence-corrected chi connectivity index (χ1v) is 6.81. The maximum absolute atomic E-state index is 5.41. The van der Waals surface area contributed by atoms with Crippen LogP contribution in [-0.4, -0.2) is 23.2 Å². The van der Waals surface area contributed by atoms with Crippen LogP contribution in [0.3, 0.4) is 0 Å². The number of nitrogens with zero attached hydrogens (tertiary/aromatic N) is 2. The van der Waals surface area contributed by atoms with E-state index in [2.05, 4.69) is 15.5 Å². The van der Waals surface area contributed by atoms with Gasteiger partial charge in [0.1, 0.15) is 0 Å². The van der Waals surface area contributed by atoms with Gasteiger partial charge < -0.3 is 9.84 Å². The lowest BCUT2D eigenvalue weighted by Gasteiger charge is -2.14. The quantitative estimate of drug-likeness (QED) is 0.908. The molecule has 5 heteroatoms. The Hall–Kier alpha value is -1.20. The summed E-state index contributed by atoms with van der Waals surface area (Å²) in [6.07, 6.45) is 3.56. The molecule has 2 heterocycles. The third kappa shape index (κ3) is 2.00. The lowest BCUT2D eigenvalue weighted by atomic mass is 10.0. The van der Waals surface area contributed by atoms with E-state index in [1.54, 1.807) is 11.3 Å². The molecule has 2 aromatic heterocycles. The van der Waals surface area contributed by atoms with E-state index in [0.29, 0.717) is 12.0 Å². The van der Waals surface area contributed by atoms with Crippen LogP contribution < -0.4 is 5.32 Å². The van der Waals surface area contributed by atoms with E-state index in [-0.39, 0.29) is 0 Å². The van der Waals surface area contributed by atoms with Crippen LogP contribution >= 0.6 is 11.3 Å². The van der Waals surface area contributed by atoms with Gasteiger partial charge in [-0.05, 0) is 31.3 Å². The predicted octanol–water partition coefficient (Wildman–Crippen LogP) is 2.65. The van der Waals surface area contributed by atoms with Crippen molar-refractivity contribution in [1.29, 1.82) is 0 Å². The lowest BCUT2D eigenvalue weighted by molar-refractivity contribution is 0.335. The van der Waals surface area contributed by atoms with Crippen LogP contribution in [0.2, 0.25) is 0 Å². The van der Waals surface area contributed by atoms with Gasteiger partial charge in [-0.25, -0.2) is 0 Å².